The van der Waals surface area contributed by atoms with Gasteiger partial charge in [-0.1, -0.05) is 12.1 Å². The highest BCUT2D eigenvalue weighted by atomic mass is 16.2. The molecule has 1 unspecified atom stereocenters. The summed E-state index contributed by atoms with van der Waals surface area (Å²) in [5, 5.41) is 7.17. The molecule has 1 aromatic carbocycles. The lowest BCUT2D eigenvalue weighted by Gasteiger charge is -2.14. The van der Waals surface area contributed by atoms with Crippen LogP contribution in [0.4, 0.5) is 0 Å². The van der Waals surface area contributed by atoms with Gasteiger partial charge < -0.3 is 5.32 Å². The zero-order chi connectivity index (χ0) is 17.4. The van der Waals surface area contributed by atoms with Gasteiger partial charge in [0, 0.05) is 30.7 Å². The molecule has 3 aromatic rings. The molecule has 1 atom stereocenters. The lowest BCUT2D eigenvalue weighted by atomic mass is 10.0. The Labute approximate surface area is 145 Å². The Morgan fingerprint density at radius 3 is 2.88 bits per heavy atom. The van der Waals surface area contributed by atoms with Crippen LogP contribution in [0.15, 0.2) is 42.7 Å². The lowest BCUT2D eigenvalue weighted by molar-refractivity contribution is 0.0927. The van der Waals surface area contributed by atoms with Gasteiger partial charge in [0.15, 0.2) is 5.82 Å². The van der Waals surface area contributed by atoms with Gasteiger partial charge in [0.25, 0.3) is 5.91 Å². The highest BCUT2D eigenvalue weighted by Gasteiger charge is 2.25. The van der Waals surface area contributed by atoms with Crippen LogP contribution < -0.4 is 5.32 Å². The maximum absolute atomic E-state index is 12.4. The fraction of sp³-hybridized carbons (Fsp3) is 0.263. The van der Waals surface area contributed by atoms with Crippen molar-refractivity contribution in [3.05, 3.63) is 65.2 Å². The van der Waals surface area contributed by atoms with E-state index in [1.807, 2.05) is 19.1 Å². The minimum absolute atomic E-state index is 0.0323. The molecule has 0 radical (unpaired) electrons. The molecule has 4 rings (SSSR count). The SMILES string of the molecule is Cc1ccnc(-c2ccc3c(c2)CCC3NC(=O)c2ccnn2C)n1. The minimum Gasteiger partial charge on any atom is -0.344 e. The van der Waals surface area contributed by atoms with Crippen LogP contribution in [0.3, 0.4) is 0 Å². The number of aryl methyl sites for hydroxylation is 3. The molecular formula is C19H19N5O. The van der Waals surface area contributed by atoms with E-state index in [0.29, 0.717) is 5.69 Å². The van der Waals surface area contributed by atoms with E-state index < -0.39 is 0 Å². The van der Waals surface area contributed by atoms with Crippen LogP contribution in [0.25, 0.3) is 11.4 Å². The molecule has 1 aliphatic rings. The molecule has 1 N–H and O–H groups in total. The number of carbonyl (C=O) groups is 1. The Morgan fingerprint density at radius 1 is 1.24 bits per heavy atom. The Morgan fingerprint density at radius 2 is 2.12 bits per heavy atom. The number of hydrogen-bond donors (Lipinski definition) is 1. The standard InChI is InChI=1S/C19H19N5O/c1-12-7-9-20-18(22-12)14-3-5-15-13(11-14)4-6-16(15)23-19(25)17-8-10-21-24(17)2/h3,5,7-11,16H,4,6H2,1-2H3,(H,23,25). The summed E-state index contributed by atoms with van der Waals surface area (Å²) in [6.45, 7) is 1.96. The summed E-state index contributed by atoms with van der Waals surface area (Å²) in [7, 11) is 1.77. The number of aromatic nitrogens is 4. The van der Waals surface area contributed by atoms with Gasteiger partial charge >= 0.3 is 0 Å². The number of hydrogen-bond acceptors (Lipinski definition) is 4. The first-order valence-electron chi connectivity index (χ1n) is 8.33. The van der Waals surface area contributed by atoms with Crippen molar-refractivity contribution in [2.75, 3.05) is 0 Å². The van der Waals surface area contributed by atoms with Crippen molar-refractivity contribution >= 4 is 5.91 Å². The molecule has 126 valence electrons. The summed E-state index contributed by atoms with van der Waals surface area (Å²) in [4.78, 5) is 21.3. The summed E-state index contributed by atoms with van der Waals surface area (Å²) in [5.74, 6) is 0.647. The number of amides is 1. The third-order valence-corrected chi connectivity index (χ3v) is 4.63. The normalized spacial score (nSPS) is 15.8. The first-order valence-corrected chi connectivity index (χ1v) is 8.33. The molecule has 2 heterocycles. The van der Waals surface area contributed by atoms with Crippen molar-refractivity contribution < 1.29 is 4.79 Å². The van der Waals surface area contributed by atoms with Gasteiger partial charge in [-0.15, -0.1) is 0 Å². The summed E-state index contributed by atoms with van der Waals surface area (Å²) in [6, 6.07) is 9.90. The molecule has 0 saturated heterocycles. The number of carbonyl (C=O) groups excluding carboxylic acids is 1. The molecule has 1 aliphatic carbocycles. The van der Waals surface area contributed by atoms with Crippen LogP contribution >= 0.6 is 0 Å². The predicted octanol–water partition coefficient (Wildman–Crippen LogP) is 2.60. The lowest BCUT2D eigenvalue weighted by Crippen LogP contribution is -2.28. The average molecular weight is 333 g/mol. The van der Waals surface area contributed by atoms with Crippen LogP contribution in [-0.4, -0.2) is 25.7 Å². The molecular weight excluding hydrogens is 314 g/mol. The zero-order valence-electron chi connectivity index (χ0n) is 14.2. The summed E-state index contributed by atoms with van der Waals surface area (Å²) < 4.78 is 1.59. The van der Waals surface area contributed by atoms with E-state index in [1.54, 1.807) is 30.2 Å². The first-order chi connectivity index (χ1) is 12.1. The van der Waals surface area contributed by atoms with E-state index in [0.717, 1.165) is 29.9 Å². The smallest absolute Gasteiger partial charge is 0.270 e. The Hall–Kier alpha value is -3.02. The minimum atomic E-state index is -0.0936. The Balaban J connectivity index is 1.57. The summed E-state index contributed by atoms with van der Waals surface area (Å²) >= 11 is 0. The number of nitrogens with one attached hydrogen (secondary N) is 1. The van der Waals surface area contributed by atoms with E-state index in [-0.39, 0.29) is 11.9 Å². The van der Waals surface area contributed by atoms with Crippen molar-refractivity contribution in [3.8, 4) is 11.4 Å². The number of fused-ring (bicyclic) bond motifs is 1. The van der Waals surface area contributed by atoms with Crippen LogP contribution in [0.1, 0.15) is 39.8 Å². The molecule has 6 nitrogen and oxygen atoms in total. The molecule has 2 aromatic heterocycles. The summed E-state index contributed by atoms with van der Waals surface area (Å²) in [6.07, 6.45) is 5.25. The van der Waals surface area contributed by atoms with E-state index >= 15 is 0 Å². The van der Waals surface area contributed by atoms with E-state index in [4.69, 9.17) is 0 Å². The van der Waals surface area contributed by atoms with Gasteiger partial charge in [0.2, 0.25) is 0 Å². The van der Waals surface area contributed by atoms with Crippen molar-refractivity contribution in [2.24, 2.45) is 7.05 Å². The van der Waals surface area contributed by atoms with Crippen molar-refractivity contribution in [1.82, 2.24) is 25.1 Å². The third-order valence-electron chi connectivity index (χ3n) is 4.63. The average Bonchev–Trinajstić information content (AvgIpc) is 3.21. The van der Waals surface area contributed by atoms with Crippen molar-refractivity contribution in [2.45, 2.75) is 25.8 Å². The maximum atomic E-state index is 12.4. The van der Waals surface area contributed by atoms with Crippen molar-refractivity contribution in [3.63, 3.8) is 0 Å². The highest BCUT2D eigenvalue weighted by Crippen LogP contribution is 2.33. The number of nitrogens with zero attached hydrogens (tertiary/aromatic N) is 4. The predicted molar refractivity (Wildman–Crippen MR) is 93.9 cm³/mol. The van der Waals surface area contributed by atoms with E-state index in [9.17, 15) is 4.79 Å². The Bertz CT molecular complexity index is 946. The summed E-state index contributed by atoms with van der Waals surface area (Å²) in [5.41, 5.74) is 4.95. The molecule has 6 heteroatoms. The van der Waals surface area contributed by atoms with E-state index in [1.165, 1.54) is 11.1 Å². The van der Waals surface area contributed by atoms with Gasteiger partial charge in [-0.05, 0) is 49.1 Å². The fourth-order valence-corrected chi connectivity index (χ4v) is 3.32. The Kier molecular flexibility index (Phi) is 3.80. The second-order valence-corrected chi connectivity index (χ2v) is 6.34. The first kappa shape index (κ1) is 15.5. The molecule has 0 fully saturated rings. The monoisotopic (exact) mass is 333 g/mol. The number of rotatable bonds is 3. The highest BCUT2D eigenvalue weighted by molar-refractivity contribution is 5.92. The molecule has 1 amide bonds. The second kappa shape index (κ2) is 6.12. The molecule has 0 aliphatic heterocycles. The van der Waals surface area contributed by atoms with Gasteiger partial charge in [-0.25, -0.2) is 9.97 Å². The molecule has 25 heavy (non-hydrogen) atoms. The third kappa shape index (κ3) is 2.91. The van der Waals surface area contributed by atoms with Gasteiger partial charge in [0.1, 0.15) is 5.69 Å². The van der Waals surface area contributed by atoms with Crippen molar-refractivity contribution in [1.29, 1.82) is 0 Å². The quantitative estimate of drug-likeness (QED) is 0.800. The van der Waals surface area contributed by atoms with Gasteiger partial charge in [0.05, 0.1) is 6.04 Å². The second-order valence-electron chi connectivity index (χ2n) is 6.34. The fourth-order valence-electron chi connectivity index (χ4n) is 3.32. The van der Waals surface area contributed by atoms with Crippen LogP contribution in [0.5, 0.6) is 0 Å². The molecule has 0 spiro atoms. The maximum Gasteiger partial charge on any atom is 0.270 e. The molecule has 0 saturated carbocycles. The van der Waals surface area contributed by atoms with E-state index in [2.05, 4.69) is 32.5 Å². The van der Waals surface area contributed by atoms with Crippen LogP contribution in [0, 0.1) is 6.92 Å². The van der Waals surface area contributed by atoms with Gasteiger partial charge in [-0.3, -0.25) is 9.48 Å². The van der Waals surface area contributed by atoms with Crippen LogP contribution in [0.2, 0.25) is 0 Å². The largest absolute Gasteiger partial charge is 0.344 e. The van der Waals surface area contributed by atoms with Crippen LogP contribution in [-0.2, 0) is 13.5 Å². The zero-order valence-corrected chi connectivity index (χ0v) is 14.2. The molecule has 0 bridgehead atoms. The topological polar surface area (TPSA) is 72.7 Å². The van der Waals surface area contributed by atoms with Gasteiger partial charge in [-0.2, -0.15) is 5.10 Å². The number of benzene rings is 1.